The van der Waals surface area contributed by atoms with Gasteiger partial charge in [0.15, 0.2) is 0 Å². The van der Waals surface area contributed by atoms with Crippen molar-refractivity contribution in [2.45, 2.75) is 26.2 Å². The summed E-state index contributed by atoms with van der Waals surface area (Å²) in [5, 5.41) is 0.861. The molecule has 24 heavy (non-hydrogen) atoms. The van der Waals surface area contributed by atoms with Crippen LogP contribution in [0, 0.1) is 0 Å². The number of nitrogens with one attached hydrogen (secondary N) is 1. The van der Waals surface area contributed by atoms with Crippen LogP contribution < -0.4 is 5.56 Å². The Balaban J connectivity index is 1.82. The smallest absolute Gasteiger partial charge is 0.294 e. The third-order valence-electron chi connectivity index (χ3n) is 4.28. The number of aryl methyl sites for hydroxylation is 1. The van der Waals surface area contributed by atoms with Crippen molar-refractivity contribution in [2.24, 2.45) is 0 Å². The van der Waals surface area contributed by atoms with Gasteiger partial charge in [0.25, 0.3) is 5.56 Å². The predicted molar refractivity (Wildman–Crippen MR) is 96.2 cm³/mol. The molecule has 2 heterocycles. The predicted octanol–water partition coefficient (Wildman–Crippen LogP) is 4.68. The van der Waals surface area contributed by atoms with E-state index >= 15 is 0 Å². The fourth-order valence-corrected chi connectivity index (χ4v) is 2.95. The number of rotatable bonds is 4. The van der Waals surface area contributed by atoms with Gasteiger partial charge in [-0.05, 0) is 30.5 Å². The molecule has 0 aliphatic rings. The van der Waals surface area contributed by atoms with Gasteiger partial charge in [-0.25, -0.2) is 4.98 Å². The van der Waals surface area contributed by atoms with Gasteiger partial charge in [0.2, 0.25) is 5.58 Å². The molecule has 2 aromatic heterocycles. The lowest BCUT2D eigenvalue weighted by Gasteiger charge is -2.03. The van der Waals surface area contributed by atoms with Gasteiger partial charge in [-0.1, -0.05) is 49.7 Å². The number of aromatic amines is 1. The van der Waals surface area contributed by atoms with Crippen LogP contribution in [0.5, 0.6) is 0 Å². The molecule has 1 N–H and O–H groups in total. The van der Waals surface area contributed by atoms with Crippen molar-refractivity contribution in [3.05, 3.63) is 64.4 Å². The van der Waals surface area contributed by atoms with Crippen molar-refractivity contribution in [1.82, 2.24) is 9.97 Å². The van der Waals surface area contributed by atoms with Crippen LogP contribution in [0.4, 0.5) is 0 Å². The van der Waals surface area contributed by atoms with Crippen LogP contribution in [-0.2, 0) is 6.42 Å². The molecule has 4 rings (SSSR count). The van der Waals surface area contributed by atoms with Gasteiger partial charge in [0.05, 0.1) is 0 Å². The molecular weight excluding hydrogens is 300 g/mol. The number of benzene rings is 2. The topological polar surface area (TPSA) is 58.9 Å². The molecule has 0 fully saturated rings. The summed E-state index contributed by atoms with van der Waals surface area (Å²) in [6, 6.07) is 15.8. The zero-order valence-electron chi connectivity index (χ0n) is 13.5. The van der Waals surface area contributed by atoms with Crippen molar-refractivity contribution in [1.29, 1.82) is 0 Å². The fourth-order valence-electron chi connectivity index (χ4n) is 2.95. The summed E-state index contributed by atoms with van der Waals surface area (Å²) in [6.45, 7) is 2.19. The van der Waals surface area contributed by atoms with Crippen LogP contribution in [-0.4, -0.2) is 9.97 Å². The molecule has 0 atom stereocenters. The zero-order chi connectivity index (χ0) is 16.5. The van der Waals surface area contributed by atoms with Crippen LogP contribution >= 0.6 is 0 Å². The summed E-state index contributed by atoms with van der Waals surface area (Å²) in [4.78, 5) is 19.8. The number of para-hydroxylation sites is 1. The lowest BCUT2D eigenvalue weighted by molar-refractivity contribution is 0.661. The molecule has 4 nitrogen and oxygen atoms in total. The highest BCUT2D eigenvalue weighted by Crippen LogP contribution is 2.26. The number of hydrogen-bond acceptors (Lipinski definition) is 3. The minimum absolute atomic E-state index is 0.249. The van der Waals surface area contributed by atoms with E-state index < -0.39 is 0 Å². The van der Waals surface area contributed by atoms with Crippen LogP contribution in [0.3, 0.4) is 0 Å². The molecule has 120 valence electrons. The molecule has 0 amide bonds. The van der Waals surface area contributed by atoms with E-state index in [1.54, 1.807) is 0 Å². The minimum atomic E-state index is -0.249. The molecule has 0 saturated heterocycles. The Morgan fingerprint density at radius 2 is 1.88 bits per heavy atom. The normalized spacial score (nSPS) is 11.4. The van der Waals surface area contributed by atoms with Crippen molar-refractivity contribution >= 4 is 22.1 Å². The van der Waals surface area contributed by atoms with E-state index in [-0.39, 0.29) is 11.1 Å². The monoisotopic (exact) mass is 318 g/mol. The fraction of sp³-hybridized carbons (Fsp3) is 0.200. The van der Waals surface area contributed by atoms with Gasteiger partial charge in [0, 0.05) is 10.9 Å². The zero-order valence-corrected chi connectivity index (χ0v) is 13.5. The molecule has 0 saturated carbocycles. The Kier molecular flexibility index (Phi) is 3.65. The second kappa shape index (κ2) is 5.96. The number of H-pyrrole nitrogens is 1. The maximum absolute atomic E-state index is 12.4. The van der Waals surface area contributed by atoms with E-state index in [9.17, 15) is 4.79 Å². The summed E-state index contributed by atoms with van der Waals surface area (Å²) in [5.41, 5.74) is 3.52. The van der Waals surface area contributed by atoms with Gasteiger partial charge in [-0.2, -0.15) is 0 Å². The maximum Gasteiger partial charge on any atom is 0.294 e. The van der Waals surface area contributed by atoms with E-state index in [0.29, 0.717) is 16.9 Å². The molecule has 0 aliphatic carbocycles. The third kappa shape index (κ3) is 2.50. The Morgan fingerprint density at radius 1 is 1.08 bits per heavy atom. The van der Waals surface area contributed by atoms with Crippen molar-refractivity contribution in [3.63, 3.8) is 0 Å². The van der Waals surface area contributed by atoms with Crippen LogP contribution in [0.1, 0.15) is 25.3 Å². The lowest BCUT2D eigenvalue weighted by Crippen LogP contribution is -2.08. The number of unbranched alkanes of at least 4 members (excludes halogenated alkanes) is 1. The summed E-state index contributed by atoms with van der Waals surface area (Å²) in [5.74, 6) is 0.570. The first-order chi connectivity index (χ1) is 11.8. The van der Waals surface area contributed by atoms with Crippen molar-refractivity contribution < 1.29 is 4.42 Å². The van der Waals surface area contributed by atoms with E-state index in [1.165, 1.54) is 18.4 Å². The largest absolute Gasteiger partial charge is 0.449 e. The average Bonchev–Trinajstić information content (AvgIpc) is 3.00. The van der Waals surface area contributed by atoms with Gasteiger partial charge < -0.3 is 9.40 Å². The maximum atomic E-state index is 12.4. The SMILES string of the molecule is CCCCc1ccc(-c2nc3c(oc4ccccc43)c(=O)[nH]2)cc1. The van der Waals surface area contributed by atoms with E-state index in [0.717, 1.165) is 17.4 Å². The number of furan rings is 1. The van der Waals surface area contributed by atoms with Gasteiger partial charge in [0.1, 0.15) is 16.9 Å². The molecule has 0 bridgehead atoms. The number of fused-ring (bicyclic) bond motifs is 3. The van der Waals surface area contributed by atoms with Crippen LogP contribution in [0.15, 0.2) is 57.7 Å². The summed E-state index contributed by atoms with van der Waals surface area (Å²) >= 11 is 0. The van der Waals surface area contributed by atoms with Gasteiger partial charge in [-0.15, -0.1) is 0 Å². The number of hydrogen-bond donors (Lipinski definition) is 1. The molecule has 0 unspecified atom stereocenters. The quantitative estimate of drug-likeness (QED) is 0.594. The minimum Gasteiger partial charge on any atom is -0.449 e. The molecular formula is C20H18N2O2. The first kappa shape index (κ1) is 14.7. The Hall–Kier alpha value is -2.88. The Bertz CT molecular complexity index is 1060. The standard InChI is InChI=1S/C20H18N2O2/c1-2-3-6-13-9-11-14(12-10-13)19-21-17-15-7-4-5-8-16(15)24-18(17)20(23)22-19/h4-5,7-12H,2-3,6H2,1H3,(H,21,22,23). The molecule has 0 radical (unpaired) electrons. The Labute approximate surface area is 139 Å². The molecule has 4 aromatic rings. The second-order valence-corrected chi connectivity index (χ2v) is 5.99. The van der Waals surface area contributed by atoms with E-state index in [1.807, 2.05) is 36.4 Å². The average molecular weight is 318 g/mol. The molecule has 2 aromatic carbocycles. The lowest BCUT2D eigenvalue weighted by atomic mass is 10.1. The van der Waals surface area contributed by atoms with Crippen molar-refractivity contribution in [3.8, 4) is 11.4 Å². The van der Waals surface area contributed by atoms with Crippen molar-refractivity contribution in [2.75, 3.05) is 0 Å². The summed E-state index contributed by atoms with van der Waals surface area (Å²) in [7, 11) is 0. The van der Waals surface area contributed by atoms with E-state index in [2.05, 4.69) is 29.0 Å². The molecule has 0 aliphatic heterocycles. The van der Waals surface area contributed by atoms with Gasteiger partial charge in [-0.3, -0.25) is 4.79 Å². The highest BCUT2D eigenvalue weighted by Gasteiger charge is 2.13. The second-order valence-electron chi connectivity index (χ2n) is 5.99. The number of nitrogens with zero attached hydrogens (tertiary/aromatic N) is 1. The third-order valence-corrected chi connectivity index (χ3v) is 4.28. The number of aromatic nitrogens is 2. The summed E-state index contributed by atoms with van der Waals surface area (Å²) < 4.78 is 5.63. The summed E-state index contributed by atoms with van der Waals surface area (Å²) in [6.07, 6.45) is 3.44. The molecule has 0 spiro atoms. The first-order valence-electron chi connectivity index (χ1n) is 8.27. The highest BCUT2D eigenvalue weighted by molar-refractivity contribution is 6.02. The van der Waals surface area contributed by atoms with Gasteiger partial charge >= 0.3 is 0 Å². The van der Waals surface area contributed by atoms with Crippen LogP contribution in [0.25, 0.3) is 33.5 Å². The first-order valence-corrected chi connectivity index (χ1v) is 8.27. The van der Waals surface area contributed by atoms with E-state index in [4.69, 9.17) is 4.42 Å². The Morgan fingerprint density at radius 3 is 2.67 bits per heavy atom. The molecule has 4 heteroatoms. The highest BCUT2D eigenvalue weighted by atomic mass is 16.3. The van der Waals surface area contributed by atoms with Crippen LogP contribution in [0.2, 0.25) is 0 Å².